The Labute approximate surface area is 129 Å². The molecule has 3 nitrogen and oxygen atoms in total. The lowest BCUT2D eigenvalue weighted by atomic mass is 9.96. The molecular weight excluding hydrogens is 278 g/mol. The van der Waals surface area contributed by atoms with E-state index in [1.807, 2.05) is 30.1 Å². The van der Waals surface area contributed by atoms with Gasteiger partial charge < -0.3 is 4.90 Å². The first-order chi connectivity index (χ1) is 10.3. The van der Waals surface area contributed by atoms with E-state index in [9.17, 15) is 0 Å². The molecule has 2 aliphatic heterocycles. The fourth-order valence-corrected chi connectivity index (χ4v) is 4.22. The van der Waals surface area contributed by atoms with Gasteiger partial charge in [-0.25, -0.2) is 0 Å². The predicted octanol–water partition coefficient (Wildman–Crippen LogP) is 3.67. The van der Waals surface area contributed by atoms with Crippen LogP contribution in [-0.4, -0.2) is 26.8 Å². The summed E-state index contributed by atoms with van der Waals surface area (Å²) in [5.74, 6) is 0. The molecule has 4 heteroatoms. The van der Waals surface area contributed by atoms with Gasteiger partial charge in [0.2, 0.25) is 0 Å². The van der Waals surface area contributed by atoms with Crippen molar-refractivity contribution in [3.05, 3.63) is 66.0 Å². The summed E-state index contributed by atoms with van der Waals surface area (Å²) in [5.41, 5.74) is 2.38. The quantitative estimate of drug-likeness (QED) is 0.846. The number of pyridine rings is 1. The van der Waals surface area contributed by atoms with E-state index in [-0.39, 0.29) is 12.1 Å². The van der Waals surface area contributed by atoms with Crippen molar-refractivity contribution in [3.63, 3.8) is 0 Å². The first-order valence-electron chi connectivity index (χ1n) is 7.30. The summed E-state index contributed by atoms with van der Waals surface area (Å²) in [5, 5.41) is 1.78. The summed E-state index contributed by atoms with van der Waals surface area (Å²) in [6, 6.07) is 17.1. The van der Waals surface area contributed by atoms with Crippen LogP contribution < -0.4 is 0 Å². The van der Waals surface area contributed by atoms with E-state index < -0.39 is 0 Å². The van der Waals surface area contributed by atoms with Crippen LogP contribution in [0.1, 0.15) is 30.3 Å². The number of fused-ring (bicyclic) bond motifs is 1. The number of amidine groups is 1. The van der Waals surface area contributed by atoms with Crippen LogP contribution in [0.15, 0.2) is 59.7 Å². The molecule has 0 radical (unpaired) electrons. The molecule has 0 unspecified atom stereocenters. The van der Waals surface area contributed by atoms with Crippen LogP contribution in [0.2, 0.25) is 0 Å². The van der Waals surface area contributed by atoms with Crippen molar-refractivity contribution in [3.8, 4) is 0 Å². The Balaban J connectivity index is 1.77. The SMILES string of the molecule is C[C@H]1CN2C(=N[C@H](c3ccccn3)[C@@H]2c2ccccc2)S1. The number of hydrogen-bond donors (Lipinski definition) is 0. The van der Waals surface area contributed by atoms with Crippen molar-refractivity contribution < 1.29 is 0 Å². The zero-order valence-corrected chi connectivity index (χ0v) is 12.7. The summed E-state index contributed by atoms with van der Waals surface area (Å²) in [6.45, 7) is 3.33. The molecule has 106 valence electrons. The van der Waals surface area contributed by atoms with Gasteiger partial charge in [-0.2, -0.15) is 0 Å². The summed E-state index contributed by atoms with van der Waals surface area (Å²) in [7, 11) is 0. The molecule has 4 rings (SSSR count). The molecule has 0 bridgehead atoms. The highest BCUT2D eigenvalue weighted by Crippen LogP contribution is 2.47. The van der Waals surface area contributed by atoms with Crippen LogP contribution in [0.4, 0.5) is 0 Å². The van der Waals surface area contributed by atoms with Crippen LogP contribution >= 0.6 is 11.8 Å². The number of thioether (sulfide) groups is 1. The van der Waals surface area contributed by atoms with E-state index in [0.717, 1.165) is 12.2 Å². The first kappa shape index (κ1) is 12.9. The van der Waals surface area contributed by atoms with Crippen LogP contribution in [0.5, 0.6) is 0 Å². The number of nitrogens with zero attached hydrogens (tertiary/aromatic N) is 3. The van der Waals surface area contributed by atoms with E-state index in [0.29, 0.717) is 5.25 Å². The number of rotatable bonds is 2. The van der Waals surface area contributed by atoms with Gasteiger partial charge in [0.1, 0.15) is 6.04 Å². The van der Waals surface area contributed by atoms with Crippen LogP contribution in [0.25, 0.3) is 0 Å². The maximum Gasteiger partial charge on any atom is 0.160 e. The number of aromatic nitrogens is 1. The third kappa shape index (κ3) is 2.23. The third-order valence-corrected chi connectivity index (χ3v) is 5.12. The van der Waals surface area contributed by atoms with Gasteiger partial charge in [0.05, 0.1) is 11.7 Å². The molecule has 0 N–H and O–H groups in total. The summed E-state index contributed by atoms with van der Waals surface area (Å²) in [4.78, 5) is 12.0. The molecule has 0 saturated carbocycles. The Morgan fingerprint density at radius 1 is 1.10 bits per heavy atom. The molecule has 2 aromatic rings. The molecule has 0 aliphatic carbocycles. The van der Waals surface area contributed by atoms with Gasteiger partial charge in [-0.15, -0.1) is 0 Å². The monoisotopic (exact) mass is 295 g/mol. The van der Waals surface area contributed by atoms with Crippen molar-refractivity contribution in [2.45, 2.75) is 24.3 Å². The van der Waals surface area contributed by atoms with Crippen molar-refractivity contribution in [2.24, 2.45) is 4.99 Å². The third-order valence-electron chi connectivity index (χ3n) is 4.02. The second kappa shape index (κ2) is 5.19. The topological polar surface area (TPSA) is 28.5 Å². The van der Waals surface area contributed by atoms with Crippen LogP contribution in [0.3, 0.4) is 0 Å². The van der Waals surface area contributed by atoms with E-state index in [1.54, 1.807) is 0 Å². The average Bonchev–Trinajstić information content (AvgIpc) is 3.05. The summed E-state index contributed by atoms with van der Waals surface area (Å²) < 4.78 is 0. The molecule has 3 atom stereocenters. The number of aliphatic imine (C=N–C) groups is 1. The molecule has 3 heterocycles. The Hall–Kier alpha value is -1.81. The fourth-order valence-electron chi connectivity index (χ4n) is 3.13. The highest BCUT2D eigenvalue weighted by molar-refractivity contribution is 8.14. The first-order valence-corrected chi connectivity index (χ1v) is 8.18. The van der Waals surface area contributed by atoms with E-state index in [4.69, 9.17) is 4.99 Å². The minimum atomic E-state index is 0.101. The molecule has 2 aliphatic rings. The Morgan fingerprint density at radius 2 is 1.90 bits per heavy atom. The Bertz CT molecular complexity index is 656. The molecule has 1 saturated heterocycles. The number of hydrogen-bond acceptors (Lipinski definition) is 4. The Kier molecular flexibility index (Phi) is 3.19. The average molecular weight is 295 g/mol. The predicted molar refractivity (Wildman–Crippen MR) is 87.4 cm³/mol. The lowest BCUT2D eigenvalue weighted by Crippen LogP contribution is -2.28. The Morgan fingerprint density at radius 3 is 2.67 bits per heavy atom. The minimum absolute atomic E-state index is 0.101. The van der Waals surface area contributed by atoms with Gasteiger partial charge in [0.25, 0.3) is 0 Å². The molecule has 21 heavy (non-hydrogen) atoms. The molecule has 1 aromatic carbocycles. The molecule has 1 fully saturated rings. The van der Waals surface area contributed by atoms with E-state index in [2.05, 4.69) is 53.2 Å². The maximum absolute atomic E-state index is 4.97. The highest BCUT2D eigenvalue weighted by atomic mass is 32.2. The molecule has 1 aromatic heterocycles. The van der Waals surface area contributed by atoms with Gasteiger partial charge in [-0.3, -0.25) is 9.98 Å². The standard InChI is InChI=1S/C17H17N3S/c1-12-11-20-16(13-7-3-2-4-8-13)15(19-17(20)21-12)14-9-5-6-10-18-14/h2-10,12,15-16H,11H2,1H3/t12-,15+,16-/m0/s1. The molecule has 0 amide bonds. The largest absolute Gasteiger partial charge is 0.341 e. The molecular formula is C17H17N3S. The minimum Gasteiger partial charge on any atom is -0.341 e. The zero-order valence-electron chi connectivity index (χ0n) is 11.9. The van der Waals surface area contributed by atoms with Gasteiger partial charge in [0.15, 0.2) is 5.17 Å². The smallest absolute Gasteiger partial charge is 0.160 e. The number of benzene rings is 1. The normalized spacial score (nSPS) is 27.6. The maximum atomic E-state index is 4.97. The lowest BCUT2D eigenvalue weighted by molar-refractivity contribution is 0.321. The second-order valence-corrected chi connectivity index (χ2v) is 6.95. The van der Waals surface area contributed by atoms with E-state index >= 15 is 0 Å². The zero-order chi connectivity index (χ0) is 14.2. The second-order valence-electron chi connectivity index (χ2n) is 5.55. The van der Waals surface area contributed by atoms with Gasteiger partial charge >= 0.3 is 0 Å². The van der Waals surface area contributed by atoms with Crippen molar-refractivity contribution in [1.82, 2.24) is 9.88 Å². The van der Waals surface area contributed by atoms with Crippen LogP contribution in [-0.2, 0) is 0 Å². The molecule has 0 spiro atoms. The fraction of sp³-hybridized carbons (Fsp3) is 0.294. The lowest BCUT2D eigenvalue weighted by Gasteiger charge is -2.27. The summed E-state index contributed by atoms with van der Waals surface area (Å²) >= 11 is 1.88. The van der Waals surface area contributed by atoms with Gasteiger partial charge in [0, 0.05) is 18.0 Å². The van der Waals surface area contributed by atoms with Crippen molar-refractivity contribution >= 4 is 16.9 Å². The van der Waals surface area contributed by atoms with E-state index in [1.165, 1.54) is 10.7 Å². The van der Waals surface area contributed by atoms with Crippen LogP contribution in [0, 0.1) is 0 Å². The van der Waals surface area contributed by atoms with Gasteiger partial charge in [-0.05, 0) is 17.7 Å². The van der Waals surface area contributed by atoms with Crippen molar-refractivity contribution in [1.29, 1.82) is 0 Å². The van der Waals surface area contributed by atoms with Gasteiger partial charge in [-0.1, -0.05) is 55.1 Å². The summed E-state index contributed by atoms with van der Waals surface area (Å²) in [6.07, 6.45) is 1.86. The highest BCUT2D eigenvalue weighted by Gasteiger charge is 2.43. The van der Waals surface area contributed by atoms with Crippen molar-refractivity contribution in [2.75, 3.05) is 6.54 Å².